The van der Waals surface area contributed by atoms with Crippen molar-refractivity contribution in [2.24, 2.45) is 23.2 Å². The Kier molecular flexibility index (Phi) is 5.34. The largest absolute Gasteiger partial charge is 0.458 e. The molecule has 0 spiro atoms. The van der Waals surface area contributed by atoms with Crippen LogP contribution in [0.4, 0.5) is 0 Å². The summed E-state index contributed by atoms with van der Waals surface area (Å²) in [6.07, 6.45) is 5.72. The van der Waals surface area contributed by atoms with E-state index in [9.17, 15) is 4.79 Å². The highest BCUT2D eigenvalue weighted by Crippen LogP contribution is 2.56. The average molecular weight is 359 g/mol. The quantitative estimate of drug-likeness (QED) is 0.369. The Morgan fingerprint density at radius 1 is 1.32 bits per heavy atom. The fraction of sp³-hybridized carbons (Fsp3) is 0.591. The summed E-state index contributed by atoms with van der Waals surface area (Å²) in [5.74, 6) is 2.12. The Bertz CT molecular complexity index is 619. The van der Waals surface area contributed by atoms with Crippen molar-refractivity contribution in [2.45, 2.75) is 57.0 Å². The van der Waals surface area contributed by atoms with Gasteiger partial charge in [0.1, 0.15) is 5.60 Å². The minimum Gasteiger partial charge on any atom is -0.458 e. The van der Waals surface area contributed by atoms with Crippen molar-refractivity contribution in [3.8, 4) is 0 Å². The number of hydrogen-bond donors (Lipinski definition) is 0. The third kappa shape index (κ3) is 4.13. The first-order valence-electron chi connectivity index (χ1n) is 9.34. The molecule has 3 rings (SSSR count). The first-order chi connectivity index (χ1) is 11.8. The van der Waals surface area contributed by atoms with E-state index in [1.165, 1.54) is 4.90 Å². The molecule has 2 nitrogen and oxygen atoms in total. The van der Waals surface area contributed by atoms with Gasteiger partial charge in [0.2, 0.25) is 0 Å². The molecule has 4 atom stereocenters. The van der Waals surface area contributed by atoms with E-state index in [0.29, 0.717) is 11.8 Å². The van der Waals surface area contributed by atoms with Crippen LogP contribution in [0.25, 0.3) is 0 Å². The van der Waals surface area contributed by atoms with Gasteiger partial charge in [0, 0.05) is 23.0 Å². The van der Waals surface area contributed by atoms with Crippen molar-refractivity contribution in [3.05, 3.63) is 43.0 Å². The summed E-state index contributed by atoms with van der Waals surface area (Å²) >= 11 is 1.92. The van der Waals surface area contributed by atoms with Crippen LogP contribution < -0.4 is 0 Å². The molecule has 1 aromatic rings. The molecule has 1 saturated heterocycles. The van der Waals surface area contributed by atoms with Gasteiger partial charge >= 0.3 is 5.97 Å². The van der Waals surface area contributed by atoms with Crippen LogP contribution in [0.15, 0.2) is 47.9 Å². The molecule has 0 amide bonds. The number of ether oxygens (including phenoxy) is 1. The van der Waals surface area contributed by atoms with Gasteiger partial charge in [-0.3, -0.25) is 4.79 Å². The van der Waals surface area contributed by atoms with E-state index in [2.05, 4.69) is 57.7 Å². The number of hydrogen-bond acceptors (Lipinski definition) is 3. The van der Waals surface area contributed by atoms with Gasteiger partial charge in [0.05, 0.1) is 5.92 Å². The lowest BCUT2D eigenvalue weighted by Crippen LogP contribution is -2.32. The monoisotopic (exact) mass is 358 g/mol. The molecular formula is C22H30O2S. The number of thioether (sulfide) groups is 1. The second kappa shape index (κ2) is 7.19. The molecule has 0 aromatic heterocycles. The number of benzene rings is 1. The van der Waals surface area contributed by atoms with Crippen LogP contribution in [0.3, 0.4) is 0 Å². The van der Waals surface area contributed by atoms with Gasteiger partial charge in [-0.1, -0.05) is 45.0 Å². The third-order valence-electron chi connectivity index (χ3n) is 5.54. The summed E-state index contributed by atoms with van der Waals surface area (Å²) in [6.45, 7) is 10.6. The summed E-state index contributed by atoms with van der Waals surface area (Å²) < 4.78 is 6.03. The number of fused-ring (bicyclic) bond motifs is 1. The first kappa shape index (κ1) is 18.6. The lowest BCUT2D eigenvalue weighted by atomic mass is 9.74. The van der Waals surface area contributed by atoms with E-state index >= 15 is 0 Å². The fourth-order valence-corrected chi connectivity index (χ4v) is 5.68. The van der Waals surface area contributed by atoms with Crippen LogP contribution in [0.1, 0.15) is 46.5 Å². The zero-order valence-corrected chi connectivity index (χ0v) is 16.5. The highest BCUT2D eigenvalue weighted by Gasteiger charge is 2.59. The zero-order chi connectivity index (χ0) is 18.1. The van der Waals surface area contributed by atoms with Crippen molar-refractivity contribution in [1.82, 2.24) is 0 Å². The molecule has 2 aliphatic rings. The van der Waals surface area contributed by atoms with Crippen LogP contribution in [0, 0.1) is 23.2 Å². The molecule has 1 saturated carbocycles. The summed E-state index contributed by atoms with van der Waals surface area (Å²) in [5.41, 5.74) is -0.151. The summed E-state index contributed by atoms with van der Waals surface area (Å²) in [4.78, 5) is 13.9. The van der Waals surface area contributed by atoms with Gasteiger partial charge in [0.15, 0.2) is 0 Å². The van der Waals surface area contributed by atoms with E-state index in [1.807, 2.05) is 17.8 Å². The predicted molar refractivity (Wildman–Crippen MR) is 105 cm³/mol. The van der Waals surface area contributed by atoms with Crippen molar-refractivity contribution >= 4 is 17.7 Å². The molecule has 1 aliphatic heterocycles. The molecule has 25 heavy (non-hydrogen) atoms. The molecule has 0 unspecified atom stereocenters. The topological polar surface area (TPSA) is 26.3 Å². The molecule has 1 aliphatic carbocycles. The molecule has 1 aromatic carbocycles. The normalized spacial score (nSPS) is 31.6. The zero-order valence-electron chi connectivity index (χ0n) is 15.7. The number of rotatable bonds is 6. The van der Waals surface area contributed by atoms with Crippen LogP contribution in [-0.2, 0) is 9.53 Å². The molecule has 0 bridgehead atoms. The third-order valence-corrected chi connectivity index (χ3v) is 6.78. The van der Waals surface area contributed by atoms with Crippen LogP contribution in [0.2, 0.25) is 0 Å². The van der Waals surface area contributed by atoms with Crippen molar-refractivity contribution in [2.75, 3.05) is 5.75 Å². The number of carbonyl (C=O) groups excluding carboxylic acids is 1. The fourth-order valence-electron chi connectivity index (χ4n) is 4.65. The molecule has 0 N–H and O–H groups in total. The number of carbonyl (C=O) groups is 1. The molecular weight excluding hydrogens is 328 g/mol. The molecule has 136 valence electrons. The lowest BCUT2D eigenvalue weighted by molar-refractivity contribution is -0.151. The van der Waals surface area contributed by atoms with Gasteiger partial charge < -0.3 is 4.74 Å². The Morgan fingerprint density at radius 3 is 2.68 bits per heavy atom. The maximum Gasteiger partial charge on any atom is 0.309 e. The Balaban J connectivity index is 1.71. The smallest absolute Gasteiger partial charge is 0.309 e. The van der Waals surface area contributed by atoms with Gasteiger partial charge in [-0.05, 0) is 42.7 Å². The first-order valence-corrected chi connectivity index (χ1v) is 10.3. The van der Waals surface area contributed by atoms with Gasteiger partial charge in [-0.25, -0.2) is 0 Å². The second-order valence-electron chi connectivity index (χ2n) is 8.89. The molecule has 0 radical (unpaired) electrons. The van der Waals surface area contributed by atoms with Crippen molar-refractivity contribution in [3.63, 3.8) is 0 Å². The van der Waals surface area contributed by atoms with E-state index in [0.717, 1.165) is 31.4 Å². The highest BCUT2D eigenvalue weighted by atomic mass is 32.2. The lowest BCUT2D eigenvalue weighted by Gasteiger charge is -2.28. The Morgan fingerprint density at radius 2 is 2.04 bits per heavy atom. The van der Waals surface area contributed by atoms with E-state index in [1.54, 1.807) is 0 Å². The van der Waals surface area contributed by atoms with Crippen molar-refractivity contribution in [1.29, 1.82) is 0 Å². The van der Waals surface area contributed by atoms with E-state index in [-0.39, 0.29) is 22.9 Å². The van der Waals surface area contributed by atoms with E-state index in [4.69, 9.17) is 4.74 Å². The van der Waals surface area contributed by atoms with Crippen LogP contribution >= 0.6 is 11.8 Å². The summed E-state index contributed by atoms with van der Waals surface area (Å²) in [6, 6.07) is 10.6. The van der Waals surface area contributed by atoms with Crippen LogP contribution in [-0.4, -0.2) is 17.3 Å². The predicted octanol–water partition coefficient (Wildman–Crippen LogP) is 5.73. The Labute approximate surface area is 156 Å². The number of esters is 1. The minimum absolute atomic E-state index is 0.0240. The SMILES string of the molecule is C=CC[C@]12C[C@H](CSc3ccccc3)C[C@H]1[C@H](CC(C)(C)C)C(=O)O2. The molecule has 1 heterocycles. The standard InChI is InChI=1S/C22H30O2S/c1-5-11-22-13-16(15-25-17-9-7-6-8-10-17)12-19(22)18(20(23)24-22)14-21(2,3)4/h5-10,16,18-19H,1,11-15H2,2-4H3/t16-,18+,19+,22+/m1/s1. The average Bonchev–Trinajstić information content (AvgIpc) is 2.99. The molecule has 2 fully saturated rings. The maximum atomic E-state index is 12.6. The van der Waals surface area contributed by atoms with Gasteiger partial charge in [0.25, 0.3) is 0 Å². The summed E-state index contributed by atoms with van der Waals surface area (Å²) in [7, 11) is 0. The van der Waals surface area contributed by atoms with Gasteiger partial charge in [-0.15, -0.1) is 18.3 Å². The van der Waals surface area contributed by atoms with Crippen molar-refractivity contribution < 1.29 is 9.53 Å². The van der Waals surface area contributed by atoms with Crippen LogP contribution in [0.5, 0.6) is 0 Å². The minimum atomic E-state index is -0.295. The van der Waals surface area contributed by atoms with Gasteiger partial charge in [-0.2, -0.15) is 0 Å². The summed E-state index contributed by atoms with van der Waals surface area (Å²) in [5, 5.41) is 0. The highest BCUT2D eigenvalue weighted by molar-refractivity contribution is 7.99. The van der Waals surface area contributed by atoms with E-state index < -0.39 is 0 Å². The molecule has 3 heteroatoms. The Hall–Kier alpha value is -1.22. The maximum absolute atomic E-state index is 12.6. The second-order valence-corrected chi connectivity index (χ2v) is 9.98.